The van der Waals surface area contributed by atoms with Gasteiger partial charge in [-0.3, -0.25) is 4.79 Å². The molecule has 3 nitrogen and oxygen atoms in total. The summed E-state index contributed by atoms with van der Waals surface area (Å²) in [6.45, 7) is 8.42. The van der Waals surface area contributed by atoms with Gasteiger partial charge < -0.3 is 9.64 Å². The number of hydrogen-bond donors (Lipinski definition) is 0. The number of rotatable bonds is 1. The second kappa shape index (κ2) is 3.05. The van der Waals surface area contributed by atoms with E-state index in [1.807, 2.05) is 32.6 Å². The predicted molar refractivity (Wildman–Crippen MR) is 46.6 cm³/mol. The summed E-state index contributed by atoms with van der Waals surface area (Å²) in [5.41, 5.74) is -0.410. The van der Waals surface area contributed by atoms with Crippen LogP contribution in [0.15, 0.2) is 0 Å². The molecule has 1 saturated heterocycles. The molecule has 0 spiro atoms. The average Bonchev–Trinajstić information content (AvgIpc) is 2.25. The maximum Gasteiger partial charge on any atom is 0.224 e. The maximum atomic E-state index is 11.5. The van der Waals surface area contributed by atoms with Gasteiger partial charge in [0.25, 0.3) is 0 Å². The Morgan fingerprint density at radius 3 is 2.58 bits per heavy atom. The van der Waals surface area contributed by atoms with Crippen molar-refractivity contribution < 1.29 is 9.53 Å². The summed E-state index contributed by atoms with van der Waals surface area (Å²) in [5.74, 6) is 0.171. The Morgan fingerprint density at radius 1 is 1.67 bits per heavy atom. The van der Waals surface area contributed by atoms with E-state index in [1.54, 1.807) is 0 Å². The van der Waals surface area contributed by atoms with E-state index in [-0.39, 0.29) is 11.9 Å². The molecule has 0 aromatic heterocycles. The highest BCUT2D eigenvalue weighted by atomic mass is 16.5. The highest BCUT2D eigenvalue weighted by Gasteiger charge is 2.40. The van der Waals surface area contributed by atoms with Crippen LogP contribution in [0, 0.1) is 0 Å². The van der Waals surface area contributed by atoms with Crippen molar-refractivity contribution in [3.05, 3.63) is 0 Å². The Morgan fingerprint density at radius 2 is 2.25 bits per heavy atom. The zero-order chi connectivity index (χ0) is 9.35. The third-order valence-corrected chi connectivity index (χ3v) is 2.27. The predicted octanol–water partition coefficient (Wildman–Crippen LogP) is 1.38. The molecule has 12 heavy (non-hydrogen) atoms. The standard InChI is InChI=1S/C9H17NO2/c1-5-8(11)10-7(2)6-12-9(10,3)4/h7H,5-6H2,1-4H3/t7-/m1/s1. The largest absolute Gasteiger partial charge is 0.354 e. The second-order valence-electron chi connectivity index (χ2n) is 3.72. The third-order valence-electron chi connectivity index (χ3n) is 2.27. The first-order valence-electron chi connectivity index (χ1n) is 4.45. The van der Waals surface area contributed by atoms with Gasteiger partial charge in [0, 0.05) is 6.42 Å². The topological polar surface area (TPSA) is 29.5 Å². The van der Waals surface area contributed by atoms with Crippen LogP contribution in [-0.2, 0) is 9.53 Å². The Bertz CT molecular complexity index is 189. The van der Waals surface area contributed by atoms with Crippen LogP contribution in [0.3, 0.4) is 0 Å². The van der Waals surface area contributed by atoms with Crippen LogP contribution in [0.5, 0.6) is 0 Å². The van der Waals surface area contributed by atoms with Crippen molar-refractivity contribution in [1.82, 2.24) is 4.90 Å². The van der Waals surface area contributed by atoms with E-state index in [2.05, 4.69) is 0 Å². The first kappa shape index (κ1) is 9.52. The van der Waals surface area contributed by atoms with Crippen LogP contribution in [0.2, 0.25) is 0 Å². The van der Waals surface area contributed by atoms with Gasteiger partial charge in [0.05, 0.1) is 12.6 Å². The number of amides is 1. The summed E-state index contributed by atoms with van der Waals surface area (Å²) < 4.78 is 5.49. The summed E-state index contributed by atoms with van der Waals surface area (Å²) >= 11 is 0. The van der Waals surface area contributed by atoms with Gasteiger partial charge in [0.15, 0.2) is 0 Å². The fraction of sp³-hybridized carbons (Fsp3) is 0.889. The van der Waals surface area contributed by atoms with E-state index in [1.165, 1.54) is 0 Å². The molecule has 1 fully saturated rings. The summed E-state index contributed by atoms with van der Waals surface area (Å²) in [7, 11) is 0. The zero-order valence-electron chi connectivity index (χ0n) is 8.26. The summed E-state index contributed by atoms with van der Waals surface area (Å²) in [6, 6.07) is 0.215. The van der Waals surface area contributed by atoms with Gasteiger partial charge in [-0.25, -0.2) is 0 Å². The van der Waals surface area contributed by atoms with E-state index >= 15 is 0 Å². The smallest absolute Gasteiger partial charge is 0.224 e. The van der Waals surface area contributed by atoms with Gasteiger partial charge in [-0.1, -0.05) is 6.92 Å². The Balaban J connectivity index is 2.78. The van der Waals surface area contributed by atoms with Crippen molar-refractivity contribution >= 4 is 5.91 Å². The lowest BCUT2D eigenvalue weighted by Gasteiger charge is -2.32. The molecule has 0 saturated carbocycles. The zero-order valence-corrected chi connectivity index (χ0v) is 8.26. The first-order chi connectivity index (χ1) is 5.49. The quantitative estimate of drug-likeness (QED) is 0.596. The monoisotopic (exact) mass is 171 g/mol. The van der Waals surface area contributed by atoms with Crippen LogP contribution < -0.4 is 0 Å². The Hall–Kier alpha value is -0.570. The van der Waals surface area contributed by atoms with Crippen molar-refractivity contribution in [3.63, 3.8) is 0 Å². The summed E-state index contributed by atoms with van der Waals surface area (Å²) in [6.07, 6.45) is 0.553. The molecule has 1 aliphatic rings. The fourth-order valence-corrected chi connectivity index (χ4v) is 1.72. The molecule has 0 bridgehead atoms. The molecule has 0 aromatic carbocycles. The fourth-order valence-electron chi connectivity index (χ4n) is 1.72. The van der Waals surface area contributed by atoms with Gasteiger partial charge in [0.2, 0.25) is 5.91 Å². The lowest BCUT2D eigenvalue weighted by atomic mass is 10.2. The molecule has 70 valence electrons. The second-order valence-corrected chi connectivity index (χ2v) is 3.72. The Kier molecular flexibility index (Phi) is 2.42. The van der Waals surface area contributed by atoms with Crippen LogP contribution in [-0.4, -0.2) is 29.2 Å². The molecule has 1 amide bonds. The lowest BCUT2D eigenvalue weighted by Crippen LogP contribution is -2.46. The number of hydrogen-bond acceptors (Lipinski definition) is 2. The van der Waals surface area contributed by atoms with E-state index in [9.17, 15) is 4.79 Å². The molecule has 0 radical (unpaired) electrons. The number of nitrogens with zero attached hydrogens (tertiary/aromatic N) is 1. The van der Waals surface area contributed by atoms with Crippen LogP contribution >= 0.6 is 0 Å². The van der Waals surface area contributed by atoms with Crippen LogP contribution in [0.4, 0.5) is 0 Å². The molecular formula is C9H17NO2. The maximum absolute atomic E-state index is 11.5. The minimum atomic E-state index is -0.410. The van der Waals surface area contributed by atoms with Crippen LogP contribution in [0.1, 0.15) is 34.1 Å². The molecule has 1 atom stereocenters. The van der Waals surface area contributed by atoms with Gasteiger partial charge in [0.1, 0.15) is 5.72 Å². The first-order valence-corrected chi connectivity index (χ1v) is 4.45. The molecule has 0 N–H and O–H groups in total. The van der Waals surface area contributed by atoms with E-state index in [4.69, 9.17) is 4.74 Å². The minimum Gasteiger partial charge on any atom is -0.354 e. The number of carbonyl (C=O) groups is 1. The normalized spacial score (nSPS) is 27.7. The molecule has 1 rings (SSSR count). The van der Waals surface area contributed by atoms with E-state index in [0.717, 1.165) is 0 Å². The van der Waals surface area contributed by atoms with E-state index < -0.39 is 5.72 Å². The molecule has 1 heterocycles. The molecule has 3 heteroatoms. The molecule has 0 aromatic rings. The van der Waals surface area contributed by atoms with Crippen molar-refractivity contribution in [2.75, 3.05) is 6.61 Å². The van der Waals surface area contributed by atoms with Gasteiger partial charge in [-0.15, -0.1) is 0 Å². The lowest BCUT2D eigenvalue weighted by molar-refractivity contribution is -0.145. The van der Waals surface area contributed by atoms with Crippen molar-refractivity contribution in [3.8, 4) is 0 Å². The van der Waals surface area contributed by atoms with Crippen molar-refractivity contribution in [2.45, 2.75) is 45.9 Å². The molecule has 0 aliphatic carbocycles. The van der Waals surface area contributed by atoms with Gasteiger partial charge in [-0.2, -0.15) is 0 Å². The third kappa shape index (κ3) is 1.46. The Labute approximate surface area is 73.7 Å². The number of ether oxygens (including phenoxy) is 1. The SMILES string of the molecule is CCC(=O)N1[C@H](C)COC1(C)C. The molecule has 0 unspecified atom stereocenters. The minimum absolute atomic E-state index is 0.171. The summed E-state index contributed by atoms with van der Waals surface area (Å²) in [4.78, 5) is 13.3. The average molecular weight is 171 g/mol. The highest BCUT2D eigenvalue weighted by molar-refractivity contribution is 5.77. The van der Waals surface area contributed by atoms with Gasteiger partial charge >= 0.3 is 0 Å². The van der Waals surface area contributed by atoms with Crippen molar-refractivity contribution in [2.24, 2.45) is 0 Å². The molecular weight excluding hydrogens is 154 g/mol. The van der Waals surface area contributed by atoms with Gasteiger partial charge in [-0.05, 0) is 20.8 Å². The van der Waals surface area contributed by atoms with Crippen LogP contribution in [0.25, 0.3) is 0 Å². The van der Waals surface area contributed by atoms with E-state index in [0.29, 0.717) is 13.0 Å². The highest BCUT2D eigenvalue weighted by Crippen LogP contribution is 2.27. The summed E-state index contributed by atoms with van der Waals surface area (Å²) in [5, 5.41) is 0. The van der Waals surface area contributed by atoms with Crippen molar-refractivity contribution in [1.29, 1.82) is 0 Å². The molecule has 1 aliphatic heterocycles. The number of carbonyl (C=O) groups excluding carboxylic acids is 1.